The summed E-state index contributed by atoms with van der Waals surface area (Å²) < 4.78 is 0. The largest absolute Gasteiger partial charge is 0.322 e. The van der Waals surface area contributed by atoms with Crippen molar-refractivity contribution in [3.8, 4) is 0 Å². The number of nitrogens with zero attached hydrogens (tertiary/aromatic N) is 1. The average Bonchev–Trinajstić information content (AvgIpc) is 2.86. The van der Waals surface area contributed by atoms with Gasteiger partial charge in [-0.1, -0.05) is 60.7 Å². The van der Waals surface area contributed by atoms with Crippen molar-refractivity contribution in [2.75, 3.05) is 6.54 Å². The minimum absolute atomic E-state index is 0.0427. The molecule has 1 N–H and O–H groups in total. The molecule has 2 atom stereocenters. The monoisotopic (exact) mass is 266 g/mol. The summed E-state index contributed by atoms with van der Waals surface area (Å²) in [6, 6.07) is 19.8. The number of amides is 1. The third-order valence-corrected chi connectivity index (χ3v) is 3.76. The van der Waals surface area contributed by atoms with Gasteiger partial charge in [0.15, 0.2) is 0 Å². The van der Waals surface area contributed by atoms with Gasteiger partial charge in [-0.2, -0.15) is 0 Å². The molecule has 1 fully saturated rings. The first kappa shape index (κ1) is 12.9. The smallest absolute Gasteiger partial charge is 0.245 e. The number of hydrogen-bond donors (Lipinski definition) is 1. The van der Waals surface area contributed by atoms with Gasteiger partial charge in [-0.3, -0.25) is 10.1 Å². The molecule has 3 nitrogen and oxygen atoms in total. The van der Waals surface area contributed by atoms with E-state index < -0.39 is 0 Å². The summed E-state index contributed by atoms with van der Waals surface area (Å²) in [5.74, 6) is 0.146. The van der Waals surface area contributed by atoms with Crippen molar-refractivity contribution in [2.24, 2.45) is 0 Å². The first-order valence-corrected chi connectivity index (χ1v) is 6.97. The molecule has 0 spiro atoms. The highest BCUT2D eigenvalue weighted by molar-refractivity contribution is 5.85. The molecular weight excluding hydrogens is 248 g/mol. The van der Waals surface area contributed by atoms with Gasteiger partial charge < -0.3 is 4.90 Å². The van der Waals surface area contributed by atoms with Crippen molar-refractivity contribution in [3.05, 3.63) is 71.8 Å². The topological polar surface area (TPSA) is 32.3 Å². The van der Waals surface area contributed by atoms with Crippen LogP contribution in [-0.2, 0) is 4.79 Å². The van der Waals surface area contributed by atoms with E-state index in [1.54, 1.807) is 0 Å². The summed E-state index contributed by atoms with van der Waals surface area (Å²) in [5.41, 5.74) is 2.15. The van der Waals surface area contributed by atoms with E-state index >= 15 is 0 Å². The molecule has 1 aliphatic heterocycles. The van der Waals surface area contributed by atoms with Crippen LogP contribution < -0.4 is 5.32 Å². The van der Waals surface area contributed by atoms with E-state index in [0.717, 1.165) is 11.1 Å². The van der Waals surface area contributed by atoms with Crippen molar-refractivity contribution in [2.45, 2.75) is 19.1 Å². The van der Waals surface area contributed by atoms with E-state index in [-0.39, 0.29) is 18.1 Å². The quantitative estimate of drug-likeness (QED) is 0.926. The summed E-state index contributed by atoms with van der Waals surface area (Å²) >= 11 is 0. The van der Waals surface area contributed by atoms with Crippen LogP contribution in [0.5, 0.6) is 0 Å². The van der Waals surface area contributed by atoms with Gasteiger partial charge >= 0.3 is 0 Å². The fraction of sp³-hybridized carbons (Fsp3) is 0.235. The number of nitrogens with one attached hydrogen (secondary N) is 1. The van der Waals surface area contributed by atoms with E-state index in [1.165, 1.54) is 0 Å². The standard InChI is InChI=1S/C17H18N2O/c1-2-19-16(14-11-7-4-8-12-14)18-15(17(19)20)13-9-5-3-6-10-13/h3-12,15-16,18H,2H2,1H3. The van der Waals surface area contributed by atoms with Gasteiger partial charge in [0.05, 0.1) is 0 Å². The summed E-state index contributed by atoms with van der Waals surface area (Å²) in [6.45, 7) is 2.72. The van der Waals surface area contributed by atoms with Crippen molar-refractivity contribution < 1.29 is 4.79 Å². The molecular formula is C17H18N2O. The fourth-order valence-corrected chi connectivity index (χ4v) is 2.75. The first-order valence-electron chi connectivity index (χ1n) is 6.97. The molecule has 0 bridgehead atoms. The molecule has 0 radical (unpaired) electrons. The maximum absolute atomic E-state index is 12.6. The summed E-state index contributed by atoms with van der Waals surface area (Å²) in [6.07, 6.45) is -0.0427. The molecule has 1 heterocycles. The van der Waals surface area contributed by atoms with Crippen molar-refractivity contribution >= 4 is 5.91 Å². The van der Waals surface area contributed by atoms with E-state index in [2.05, 4.69) is 17.4 Å². The molecule has 2 unspecified atom stereocenters. The van der Waals surface area contributed by atoms with Gasteiger partial charge in [0.1, 0.15) is 12.2 Å². The number of carbonyl (C=O) groups excluding carboxylic acids is 1. The zero-order valence-electron chi connectivity index (χ0n) is 11.5. The lowest BCUT2D eigenvalue weighted by Crippen LogP contribution is -2.29. The van der Waals surface area contributed by atoms with Crippen LogP contribution in [0.3, 0.4) is 0 Å². The molecule has 102 valence electrons. The first-order chi connectivity index (χ1) is 9.81. The van der Waals surface area contributed by atoms with Crippen LogP contribution in [0.25, 0.3) is 0 Å². The van der Waals surface area contributed by atoms with E-state index in [1.807, 2.05) is 60.4 Å². The third kappa shape index (κ3) is 2.21. The minimum Gasteiger partial charge on any atom is -0.322 e. The molecule has 3 rings (SSSR count). The van der Waals surface area contributed by atoms with Crippen LogP contribution in [0, 0.1) is 0 Å². The second-order valence-corrected chi connectivity index (χ2v) is 4.95. The van der Waals surface area contributed by atoms with Crippen LogP contribution in [0.2, 0.25) is 0 Å². The molecule has 0 aromatic heterocycles. The predicted octanol–water partition coefficient (Wildman–Crippen LogP) is 2.88. The van der Waals surface area contributed by atoms with E-state index in [4.69, 9.17) is 0 Å². The Bertz CT molecular complexity index is 582. The lowest BCUT2D eigenvalue weighted by atomic mass is 10.1. The Morgan fingerprint density at radius 3 is 2.05 bits per heavy atom. The Kier molecular flexibility index (Phi) is 3.52. The Balaban J connectivity index is 1.93. The number of carbonyl (C=O) groups is 1. The maximum atomic E-state index is 12.6. The normalized spacial score (nSPS) is 22.2. The molecule has 0 aliphatic carbocycles. The van der Waals surface area contributed by atoms with E-state index in [9.17, 15) is 4.79 Å². The van der Waals surface area contributed by atoms with Gasteiger partial charge in [0.2, 0.25) is 5.91 Å². The Morgan fingerprint density at radius 1 is 0.950 bits per heavy atom. The van der Waals surface area contributed by atoms with Crippen LogP contribution in [0.1, 0.15) is 30.3 Å². The van der Waals surface area contributed by atoms with Crippen LogP contribution in [0.15, 0.2) is 60.7 Å². The molecule has 1 aliphatic rings. The number of benzene rings is 2. The zero-order valence-corrected chi connectivity index (χ0v) is 11.5. The summed E-state index contributed by atoms with van der Waals surface area (Å²) in [5, 5.41) is 3.45. The molecule has 1 amide bonds. The van der Waals surface area contributed by atoms with Gasteiger partial charge in [-0.25, -0.2) is 0 Å². The minimum atomic E-state index is -0.249. The highest BCUT2D eigenvalue weighted by atomic mass is 16.2. The van der Waals surface area contributed by atoms with Crippen LogP contribution in [0.4, 0.5) is 0 Å². The van der Waals surface area contributed by atoms with Crippen molar-refractivity contribution in [1.29, 1.82) is 0 Å². The van der Waals surface area contributed by atoms with Crippen LogP contribution >= 0.6 is 0 Å². The van der Waals surface area contributed by atoms with Gasteiger partial charge in [-0.05, 0) is 18.1 Å². The zero-order chi connectivity index (χ0) is 13.9. The summed E-state index contributed by atoms with van der Waals surface area (Å²) in [7, 11) is 0. The van der Waals surface area contributed by atoms with Crippen molar-refractivity contribution in [1.82, 2.24) is 10.2 Å². The number of likely N-dealkylation sites (N-methyl/N-ethyl adjacent to an activating group) is 1. The number of rotatable bonds is 3. The second-order valence-electron chi connectivity index (χ2n) is 4.95. The molecule has 0 saturated carbocycles. The Hall–Kier alpha value is -2.13. The molecule has 20 heavy (non-hydrogen) atoms. The van der Waals surface area contributed by atoms with Crippen LogP contribution in [-0.4, -0.2) is 17.4 Å². The summed E-state index contributed by atoms with van der Waals surface area (Å²) in [4.78, 5) is 14.5. The molecule has 1 saturated heterocycles. The SMILES string of the molecule is CCN1C(=O)C(c2ccccc2)NC1c1ccccc1. The molecule has 2 aromatic rings. The maximum Gasteiger partial charge on any atom is 0.245 e. The van der Waals surface area contributed by atoms with Crippen molar-refractivity contribution in [3.63, 3.8) is 0 Å². The Morgan fingerprint density at radius 2 is 1.50 bits per heavy atom. The number of hydrogen-bond acceptors (Lipinski definition) is 2. The lowest BCUT2D eigenvalue weighted by Gasteiger charge is -2.22. The highest BCUT2D eigenvalue weighted by Gasteiger charge is 2.39. The average molecular weight is 266 g/mol. The predicted molar refractivity (Wildman–Crippen MR) is 78.9 cm³/mol. The molecule has 2 aromatic carbocycles. The van der Waals surface area contributed by atoms with Gasteiger partial charge in [-0.15, -0.1) is 0 Å². The second kappa shape index (κ2) is 5.47. The van der Waals surface area contributed by atoms with Gasteiger partial charge in [0.25, 0.3) is 0 Å². The Labute approximate surface area is 119 Å². The van der Waals surface area contributed by atoms with Gasteiger partial charge in [0, 0.05) is 6.54 Å². The highest BCUT2D eigenvalue weighted by Crippen LogP contribution is 2.31. The van der Waals surface area contributed by atoms with E-state index in [0.29, 0.717) is 6.54 Å². The third-order valence-electron chi connectivity index (χ3n) is 3.76. The fourth-order valence-electron chi connectivity index (χ4n) is 2.75. The molecule has 3 heteroatoms. The lowest BCUT2D eigenvalue weighted by molar-refractivity contribution is -0.130.